The first-order valence-electron chi connectivity index (χ1n) is 7.22. The number of hydrogen-bond donors (Lipinski definition) is 1. The summed E-state index contributed by atoms with van der Waals surface area (Å²) in [5.74, 6) is -0.809. The third kappa shape index (κ3) is 3.33. The van der Waals surface area contributed by atoms with Crippen molar-refractivity contribution >= 4 is 0 Å². The molecule has 1 aliphatic carbocycles. The summed E-state index contributed by atoms with van der Waals surface area (Å²) in [5.41, 5.74) is 6.94. The zero-order valence-corrected chi connectivity index (χ0v) is 11.6. The fourth-order valence-corrected chi connectivity index (χ4v) is 3.43. The van der Waals surface area contributed by atoms with Gasteiger partial charge in [-0.25, -0.2) is 8.78 Å². The lowest BCUT2D eigenvalue weighted by atomic mass is 9.66. The Morgan fingerprint density at radius 2 is 2.11 bits per heavy atom. The van der Waals surface area contributed by atoms with Crippen LogP contribution in [-0.4, -0.2) is 6.54 Å². The zero-order chi connectivity index (χ0) is 13.9. The van der Waals surface area contributed by atoms with Crippen LogP contribution in [0.25, 0.3) is 0 Å². The number of rotatable bonds is 4. The Kier molecular flexibility index (Phi) is 4.56. The summed E-state index contributed by atoms with van der Waals surface area (Å²) >= 11 is 0. The van der Waals surface area contributed by atoms with Crippen LogP contribution in [0.3, 0.4) is 0 Å². The molecule has 0 aromatic heterocycles. The van der Waals surface area contributed by atoms with Crippen LogP contribution in [0, 0.1) is 23.0 Å². The van der Waals surface area contributed by atoms with Crippen molar-refractivity contribution in [1.82, 2.24) is 0 Å². The molecular formula is C16H23F2N. The maximum atomic E-state index is 13.3. The standard InChI is InChI=1S/C16H23F2N/c1-2-12-4-3-7-16(9-12,11-19)10-13-5-6-14(17)15(18)8-13/h5-6,8,12H,2-4,7,9-11,19H2,1H3. The summed E-state index contributed by atoms with van der Waals surface area (Å²) in [6.07, 6.45) is 6.62. The van der Waals surface area contributed by atoms with Crippen molar-refractivity contribution < 1.29 is 8.78 Å². The normalized spacial score (nSPS) is 27.5. The van der Waals surface area contributed by atoms with Crippen LogP contribution in [0.1, 0.15) is 44.6 Å². The molecule has 0 saturated heterocycles. The van der Waals surface area contributed by atoms with Gasteiger partial charge in [0.15, 0.2) is 11.6 Å². The van der Waals surface area contributed by atoms with Gasteiger partial charge in [0, 0.05) is 0 Å². The summed E-state index contributed by atoms with van der Waals surface area (Å²) in [4.78, 5) is 0. The second kappa shape index (κ2) is 6.00. The highest BCUT2D eigenvalue weighted by atomic mass is 19.2. The van der Waals surface area contributed by atoms with E-state index in [2.05, 4.69) is 6.92 Å². The fraction of sp³-hybridized carbons (Fsp3) is 0.625. The predicted molar refractivity (Wildman–Crippen MR) is 73.8 cm³/mol. The van der Waals surface area contributed by atoms with E-state index in [9.17, 15) is 8.78 Å². The lowest BCUT2D eigenvalue weighted by molar-refractivity contribution is 0.142. The molecule has 2 N–H and O–H groups in total. The SMILES string of the molecule is CCC1CCCC(CN)(Cc2ccc(F)c(F)c2)C1. The monoisotopic (exact) mass is 267 g/mol. The number of hydrogen-bond acceptors (Lipinski definition) is 1. The van der Waals surface area contributed by atoms with Gasteiger partial charge >= 0.3 is 0 Å². The summed E-state index contributed by atoms with van der Waals surface area (Å²) in [5, 5.41) is 0. The van der Waals surface area contributed by atoms with E-state index in [0.717, 1.165) is 30.7 Å². The first-order valence-corrected chi connectivity index (χ1v) is 7.22. The average molecular weight is 267 g/mol. The summed E-state index contributed by atoms with van der Waals surface area (Å²) in [6, 6.07) is 4.22. The Morgan fingerprint density at radius 1 is 1.32 bits per heavy atom. The third-order valence-electron chi connectivity index (χ3n) is 4.61. The highest BCUT2D eigenvalue weighted by Gasteiger charge is 2.34. The molecule has 1 aromatic rings. The van der Waals surface area contributed by atoms with Crippen molar-refractivity contribution in [3.63, 3.8) is 0 Å². The first kappa shape index (κ1) is 14.4. The Hall–Kier alpha value is -0.960. The molecule has 2 atom stereocenters. The van der Waals surface area contributed by atoms with Crippen LogP contribution >= 0.6 is 0 Å². The molecule has 0 spiro atoms. The van der Waals surface area contributed by atoms with Gasteiger partial charge in [-0.15, -0.1) is 0 Å². The second-order valence-electron chi connectivity index (χ2n) is 6.00. The molecule has 0 bridgehead atoms. The topological polar surface area (TPSA) is 26.0 Å². The molecule has 1 aliphatic rings. The Labute approximate surface area is 114 Å². The lowest BCUT2D eigenvalue weighted by Gasteiger charge is -2.40. The quantitative estimate of drug-likeness (QED) is 0.875. The molecule has 1 fully saturated rings. The first-order chi connectivity index (χ1) is 9.08. The molecule has 0 radical (unpaired) electrons. The molecule has 0 amide bonds. The highest BCUT2D eigenvalue weighted by Crippen LogP contribution is 2.42. The Bertz CT molecular complexity index is 433. The Morgan fingerprint density at radius 3 is 2.74 bits per heavy atom. The highest BCUT2D eigenvalue weighted by molar-refractivity contribution is 5.19. The van der Waals surface area contributed by atoms with Crippen molar-refractivity contribution in [1.29, 1.82) is 0 Å². The van der Waals surface area contributed by atoms with Crippen LogP contribution in [0.4, 0.5) is 8.78 Å². The van der Waals surface area contributed by atoms with Crippen molar-refractivity contribution in [2.75, 3.05) is 6.54 Å². The number of nitrogens with two attached hydrogens (primary N) is 1. The van der Waals surface area contributed by atoms with Gasteiger partial charge < -0.3 is 5.73 Å². The van der Waals surface area contributed by atoms with E-state index >= 15 is 0 Å². The van der Waals surface area contributed by atoms with Crippen LogP contribution in [0.15, 0.2) is 18.2 Å². The molecule has 106 valence electrons. The van der Waals surface area contributed by atoms with Crippen molar-refractivity contribution in [2.24, 2.45) is 17.1 Å². The maximum Gasteiger partial charge on any atom is 0.159 e. The maximum absolute atomic E-state index is 13.3. The van der Waals surface area contributed by atoms with E-state index < -0.39 is 11.6 Å². The molecule has 1 nitrogen and oxygen atoms in total. The van der Waals surface area contributed by atoms with Gasteiger partial charge in [0.25, 0.3) is 0 Å². The van der Waals surface area contributed by atoms with Crippen molar-refractivity contribution in [3.8, 4) is 0 Å². The fourth-order valence-electron chi connectivity index (χ4n) is 3.43. The molecule has 19 heavy (non-hydrogen) atoms. The molecule has 1 saturated carbocycles. The third-order valence-corrected chi connectivity index (χ3v) is 4.61. The lowest BCUT2D eigenvalue weighted by Crippen LogP contribution is -2.37. The molecule has 1 aromatic carbocycles. The zero-order valence-electron chi connectivity index (χ0n) is 11.6. The van der Waals surface area contributed by atoms with Crippen molar-refractivity contribution in [2.45, 2.75) is 45.4 Å². The van der Waals surface area contributed by atoms with Crippen LogP contribution in [-0.2, 0) is 6.42 Å². The van der Waals surface area contributed by atoms with Gasteiger partial charge in [0.2, 0.25) is 0 Å². The minimum atomic E-state index is -0.777. The van der Waals surface area contributed by atoms with Gasteiger partial charge in [-0.1, -0.05) is 32.3 Å². The second-order valence-corrected chi connectivity index (χ2v) is 6.00. The van der Waals surface area contributed by atoms with Crippen LogP contribution < -0.4 is 5.73 Å². The molecule has 0 aliphatic heterocycles. The minimum absolute atomic E-state index is 0.0726. The summed E-state index contributed by atoms with van der Waals surface area (Å²) in [6.45, 7) is 2.84. The molecular weight excluding hydrogens is 244 g/mol. The van der Waals surface area contributed by atoms with E-state index in [1.165, 1.54) is 31.4 Å². The van der Waals surface area contributed by atoms with Gasteiger partial charge in [-0.2, -0.15) is 0 Å². The van der Waals surface area contributed by atoms with Crippen molar-refractivity contribution in [3.05, 3.63) is 35.4 Å². The van der Waals surface area contributed by atoms with Gasteiger partial charge in [0.05, 0.1) is 0 Å². The van der Waals surface area contributed by atoms with Crippen LogP contribution in [0.5, 0.6) is 0 Å². The molecule has 2 rings (SSSR count). The van der Waals surface area contributed by atoms with Gasteiger partial charge in [-0.3, -0.25) is 0 Å². The number of benzene rings is 1. The predicted octanol–water partition coefficient (Wildman–Crippen LogP) is 4.05. The molecule has 0 heterocycles. The van der Waals surface area contributed by atoms with Gasteiger partial charge in [0.1, 0.15) is 0 Å². The largest absolute Gasteiger partial charge is 0.330 e. The van der Waals surface area contributed by atoms with E-state index in [0.29, 0.717) is 6.54 Å². The molecule has 3 heteroatoms. The Balaban J connectivity index is 2.15. The van der Waals surface area contributed by atoms with E-state index in [-0.39, 0.29) is 5.41 Å². The smallest absolute Gasteiger partial charge is 0.159 e. The average Bonchev–Trinajstić information content (AvgIpc) is 2.43. The van der Waals surface area contributed by atoms with E-state index in [1.807, 2.05) is 0 Å². The van der Waals surface area contributed by atoms with Crippen LogP contribution in [0.2, 0.25) is 0 Å². The summed E-state index contributed by atoms with van der Waals surface area (Å²) < 4.78 is 26.3. The summed E-state index contributed by atoms with van der Waals surface area (Å²) in [7, 11) is 0. The van der Waals surface area contributed by atoms with E-state index in [1.54, 1.807) is 6.07 Å². The van der Waals surface area contributed by atoms with E-state index in [4.69, 9.17) is 5.73 Å². The minimum Gasteiger partial charge on any atom is -0.330 e. The number of halogens is 2. The molecule has 2 unspecified atom stereocenters. The van der Waals surface area contributed by atoms with Gasteiger partial charge in [-0.05, 0) is 54.8 Å².